The van der Waals surface area contributed by atoms with Gasteiger partial charge in [0.1, 0.15) is 0 Å². The summed E-state index contributed by atoms with van der Waals surface area (Å²) in [5.74, 6) is 0.674. The number of carbonyl (C=O) groups is 1. The number of nitrogens with zero attached hydrogens (tertiary/aromatic N) is 3. The Morgan fingerprint density at radius 3 is 2.79 bits per heavy atom. The minimum Gasteiger partial charge on any atom is -0.346 e. The number of hydrogen-bond acceptors (Lipinski definition) is 5. The van der Waals surface area contributed by atoms with Crippen molar-refractivity contribution in [2.75, 3.05) is 28.6 Å². The number of nitrogens with one attached hydrogen (secondary N) is 2. The molecule has 2 heterocycles. The monoisotopic (exact) mass is 345 g/mol. The molecule has 1 aromatic carbocycles. The fourth-order valence-electron chi connectivity index (χ4n) is 2.84. The molecule has 1 fully saturated rings. The Hall–Kier alpha value is -2.15. The van der Waals surface area contributed by atoms with E-state index in [1.54, 1.807) is 0 Å². The molecular formula is C17H23N5OS. The first-order valence-electron chi connectivity index (χ1n) is 8.39. The second-order valence-corrected chi connectivity index (χ2v) is 7.17. The van der Waals surface area contributed by atoms with Crippen molar-refractivity contribution in [1.29, 1.82) is 0 Å². The highest BCUT2D eigenvalue weighted by atomic mass is 32.1. The fourth-order valence-corrected chi connectivity index (χ4v) is 3.62. The van der Waals surface area contributed by atoms with Crippen molar-refractivity contribution in [3.8, 4) is 0 Å². The van der Waals surface area contributed by atoms with E-state index in [1.807, 2.05) is 24.3 Å². The first-order chi connectivity index (χ1) is 11.6. The van der Waals surface area contributed by atoms with E-state index in [-0.39, 0.29) is 6.03 Å². The van der Waals surface area contributed by atoms with Crippen LogP contribution >= 0.6 is 11.3 Å². The van der Waals surface area contributed by atoms with E-state index >= 15 is 0 Å². The molecule has 1 aliphatic rings. The van der Waals surface area contributed by atoms with E-state index in [1.165, 1.54) is 29.7 Å². The smallest absolute Gasteiger partial charge is 0.325 e. The number of rotatable bonds is 4. The first-order valence-corrected chi connectivity index (χ1v) is 9.21. The third kappa shape index (κ3) is 4.23. The summed E-state index contributed by atoms with van der Waals surface area (Å²) >= 11 is 1.42. The maximum absolute atomic E-state index is 12.1. The van der Waals surface area contributed by atoms with Gasteiger partial charge in [-0.3, -0.25) is 5.32 Å². The van der Waals surface area contributed by atoms with Crippen LogP contribution < -0.4 is 15.5 Å². The lowest BCUT2D eigenvalue weighted by molar-refractivity contribution is 0.262. The zero-order valence-corrected chi connectivity index (χ0v) is 14.9. The molecule has 7 heteroatoms. The second-order valence-electron chi connectivity index (χ2n) is 6.21. The van der Waals surface area contributed by atoms with Crippen LogP contribution in [-0.4, -0.2) is 29.3 Å². The van der Waals surface area contributed by atoms with Gasteiger partial charge in [0.25, 0.3) is 0 Å². The van der Waals surface area contributed by atoms with Gasteiger partial charge in [0.05, 0.1) is 0 Å². The molecular weight excluding hydrogens is 322 g/mol. The lowest BCUT2D eigenvalue weighted by Gasteiger charge is -2.29. The molecule has 6 nitrogen and oxygen atoms in total. The fraction of sp³-hybridized carbons (Fsp3) is 0.471. The Labute approximate surface area is 146 Å². The van der Waals surface area contributed by atoms with Crippen LogP contribution in [0, 0.1) is 5.92 Å². The summed E-state index contributed by atoms with van der Waals surface area (Å²) in [6, 6.07) is 7.53. The summed E-state index contributed by atoms with van der Waals surface area (Å²) in [5.41, 5.74) is 2.00. The maximum atomic E-state index is 12.1. The minimum absolute atomic E-state index is 0.297. The molecule has 2 amide bonds. The van der Waals surface area contributed by atoms with Gasteiger partial charge in [-0.15, -0.1) is 10.2 Å². The topological polar surface area (TPSA) is 70.1 Å². The third-order valence-electron chi connectivity index (χ3n) is 4.18. The predicted octanol–water partition coefficient (Wildman–Crippen LogP) is 3.98. The number of amides is 2. The number of aromatic nitrogens is 2. The highest BCUT2D eigenvalue weighted by Crippen LogP contribution is 2.28. The molecule has 1 unspecified atom stereocenters. The predicted molar refractivity (Wildman–Crippen MR) is 99.0 cm³/mol. The zero-order valence-electron chi connectivity index (χ0n) is 14.1. The molecule has 0 aliphatic carbocycles. The average Bonchev–Trinajstić information content (AvgIpc) is 3.04. The third-order valence-corrected chi connectivity index (χ3v) is 5.08. The van der Waals surface area contributed by atoms with Gasteiger partial charge in [-0.1, -0.05) is 37.3 Å². The van der Waals surface area contributed by atoms with Crippen LogP contribution in [0.3, 0.4) is 0 Å². The standard InChI is InChI=1S/C17H23N5OS/c1-3-13-6-8-14(9-7-13)18-15(23)19-16-20-21-17(24-16)22-10-4-5-12(2)11-22/h6-9,12H,3-5,10-11H2,1-2H3,(H2,18,19,20,23). The number of benzene rings is 1. The molecule has 0 radical (unpaired) electrons. The van der Waals surface area contributed by atoms with E-state index in [0.717, 1.165) is 30.3 Å². The lowest BCUT2D eigenvalue weighted by atomic mass is 10.0. The van der Waals surface area contributed by atoms with E-state index in [4.69, 9.17) is 0 Å². The Morgan fingerprint density at radius 1 is 1.29 bits per heavy atom. The summed E-state index contributed by atoms with van der Waals surface area (Å²) in [4.78, 5) is 14.3. The van der Waals surface area contributed by atoms with Gasteiger partial charge >= 0.3 is 6.03 Å². The van der Waals surface area contributed by atoms with Gasteiger partial charge in [-0.2, -0.15) is 0 Å². The summed E-state index contributed by atoms with van der Waals surface area (Å²) in [6.07, 6.45) is 3.42. The molecule has 2 N–H and O–H groups in total. The number of piperidine rings is 1. The molecule has 0 bridgehead atoms. The van der Waals surface area contributed by atoms with Crippen molar-refractivity contribution in [3.63, 3.8) is 0 Å². The van der Waals surface area contributed by atoms with Crippen molar-refractivity contribution in [2.24, 2.45) is 5.92 Å². The van der Waals surface area contributed by atoms with E-state index in [9.17, 15) is 4.79 Å². The van der Waals surface area contributed by atoms with Gasteiger partial charge < -0.3 is 10.2 Å². The first kappa shape index (κ1) is 16.7. The van der Waals surface area contributed by atoms with Crippen molar-refractivity contribution in [1.82, 2.24) is 10.2 Å². The molecule has 24 heavy (non-hydrogen) atoms. The quantitative estimate of drug-likeness (QED) is 0.879. The Kier molecular flexibility index (Phi) is 5.30. The summed E-state index contributed by atoms with van der Waals surface area (Å²) < 4.78 is 0. The average molecular weight is 345 g/mol. The Morgan fingerprint density at radius 2 is 2.08 bits per heavy atom. The SMILES string of the molecule is CCc1ccc(NC(=O)Nc2nnc(N3CCCC(C)C3)s2)cc1. The van der Waals surface area contributed by atoms with E-state index < -0.39 is 0 Å². The van der Waals surface area contributed by atoms with Gasteiger partial charge in [0.15, 0.2) is 0 Å². The molecule has 1 aromatic heterocycles. The molecule has 1 atom stereocenters. The van der Waals surface area contributed by atoms with Crippen LogP contribution in [0.2, 0.25) is 0 Å². The molecule has 1 aliphatic heterocycles. The molecule has 0 saturated carbocycles. The van der Waals surface area contributed by atoms with Crippen LogP contribution in [0.15, 0.2) is 24.3 Å². The molecule has 2 aromatic rings. The van der Waals surface area contributed by atoms with Gasteiger partial charge in [0, 0.05) is 18.8 Å². The van der Waals surface area contributed by atoms with Crippen LogP contribution in [-0.2, 0) is 6.42 Å². The molecule has 3 rings (SSSR count). The van der Waals surface area contributed by atoms with Gasteiger partial charge in [-0.25, -0.2) is 4.79 Å². The summed E-state index contributed by atoms with van der Waals surface area (Å²) in [6.45, 7) is 6.37. The maximum Gasteiger partial charge on any atom is 0.325 e. The minimum atomic E-state index is -0.297. The zero-order chi connectivity index (χ0) is 16.9. The van der Waals surface area contributed by atoms with Crippen LogP contribution in [0.1, 0.15) is 32.3 Å². The molecule has 1 saturated heterocycles. The van der Waals surface area contributed by atoms with Crippen LogP contribution in [0.25, 0.3) is 0 Å². The van der Waals surface area contributed by atoms with Crippen molar-refractivity contribution < 1.29 is 4.79 Å². The largest absolute Gasteiger partial charge is 0.346 e. The lowest BCUT2D eigenvalue weighted by Crippen LogP contribution is -2.34. The second kappa shape index (κ2) is 7.61. The molecule has 128 valence electrons. The van der Waals surface area contributed by atoms with E-state index in [2.05, 4.69) is 39.6 Å². The normalized spacial score (nSPS) is 17.6. The number of carbonyl (C=O) groups excluding carboxylic acids is 1. The number of aryl methyl sites for hydroxylation is 1. The van der Waals surface area contributed by atoms with Crippen LogP contribution in [0.4, 0.5) is 20.7 Å². The van der Waals surface area contributed by atoms with Crippen molar-refractivity contribution >= 4 is 33.3 Å². The molecule has 0 spiro atoms. The highest BCUT2D eigenvalue weighted by molar-refractivity contribution is 7.19. The van der Waals surface area contributed by atoms with Gasteiger partial charge in [-0.05, 0) is 42.9 Å². The summed E-state index contributed by atoms with van der Waals surface area (Å²) in [7, 11) is 0. The number of anilines is 3. The Balaban J connectivity index is 1.56. The number of hydrogen-bond donors (Lipinski definition) is 2. The number of urea groups is 1. The van der Waals surface area contributed by atoms with Crippen molar-refractivity contribution in [2.45, 2.75) is 33.1 Å². The summed E-state index contributed by atoms with van der Waals surface area (Å²) in [5, 5.41) is 15.3. The highest BCUT2D eigenvalue weighted by Gasteiger charge is 2.20. The van der Waals surface area contributed by atoms with E-state index in [0.29, 0.717) is 11.0 Å². The Bertz CT molecular complexity index is 685. The van der Waals surface area contributed by atoms with Crippen LogP contribution in [0.5, 0.6) is 0 Å². The van der Waals surface area contributed by atoms with Gasteiger partial charge in [0.2, 0.25) is 10.3 Å². The van der Waals surface area contributed by atoms with Crippen molar-refractivity contribution in [3.05, 3.63) is 29.8 Å².